The van der Waals surface area contributed by atoms with Crippen LogP contribution in [0.25, 0.3) is 0 Å². The Bertz CT molecular complexity index is 664. The number of carbonyl (C=O) groups is 1. The van der Waals surface area contributed by atoms with Crippen LogP contribution in [-0.2, 0) is 22.5 Å². The van der Waals surface area contributed by atoms with Crippen molar-refractivity contribution < 1.29 is 9.53 Å². The number of hydrogen-bond donors (Lipinski definition) is 0. The summed E-state index contributed by atoms with van der Waals surface area (Å²) in [5.74, 6) is 0.756. The SMILES string of the molecule is COC1=CC(=O)N(Cc2ccccc2)C1Cc1ccccc1. The second-order valence-electron chi connectivity index (χ2n) is 5.41. The lowest BCUT2D eigenvalue weighted by Crippen LogP contribution is -2.36. The molecule has 1 aliphatic rings. The Hall–Kier alpha value is -2.55. The molecule has 1 aliphatic heterocycles. The summed E-state index contributed by atoms with van der Waals surface area (Å²) in [4.78, 5) is 14.2. The standard InChI is InChI=1S/C19H19NO2/c1-22-18-13-19(21)20(14-16-10-6-3-7-11-16)17(18)12-15-8-4-2-5-9-15/h2-11,13,17H,12,14H2,1H3. The Balaban J connectivity index is 1.82. The van der Waals surface area contributed by atoms with Gasteiger partial charge in [-0.1, -0.05) is 60.7 Å². The van der Waals surface area contributed by atoms with Crippen LogP contribution < -0.4 is 0 Å². The van der Waals surface area contributed by atoms with Gasteiger partial charge in [-0.15, -0.1) is 0 Å². The highest BCUT2D eigenvalue weighted by atomic mass is 16.5. The molecule has 3 rings (SSSR count). The number of amides is 1. The van der Waals surface area contributed by atoms with Crippen molar-refractivity contribution in [1.29, 1.82) is 0 Å². The van der Waals surface area contributed by atoms with Gasteiger partial charge in [0.2, 0.25) is 0 Å². The zero-order chi connectivity index (χ0) is 15.4. The molecule has 0 saturated heterocycles. The van der Waals surface area contributed by atoms with Crippen LogP contribution in [0, 0.1) is 0 Å². The van der Waals surface area contributed by atoms with E-state index in [4.69, 9.17) is 4.74 Å². The number of carbonyl (C=O) groups excluding carboxylic acids is 1. The summed E-state index contributed by atoms with van der Waals surface area (Å²) in [6, 6.07) is 20.2. The normalized spacial score (nSPS) is 17.5. The zero-order valence-corrected chi connectivity index (χ0v) is 12.6. The van der Waals surface area contributed by atoms with Crippen molar-refractivity contribution in [2.75, 3.05) is 7.11 Å². The van der Waals surface area contributed by atoms with Gasteiger partial charge in [0.25, 0.3) is 5.91 Å². The van der Waals surface area contributed by atoms with Crippen molar-refractivity contribution in [2.45, 2.75) is 19.0 Å². The molecule has 1 amide bonds. The molecule has 0 aromatic heterocycles. The van der Waals surface area contributed by atoms with Crippen LogP contribution in [-0.4, -0.2) is 24.0 Å². The molecular formula is C19H19NO2. The highest BCUT2D eigenvalue weighted by molar-refractivity contribution is 5.91. The monoisotopic (exact) mass is 293 g/mol. The fourth-order valence-electron chi connectivity index (χ4n) is 2.82. The second kappa shape index (κ2) is 6.48. The van der Waals surface area contributed by atoms with Crippen molar-refractivity contribution in [3.8, 4) is 0 Å². The topological polar surface area (TPSA) is 29.5 Å². The number of ether oxygens (including phenoxy) is 1. The van der Waals surface area contributed by atoms with Gasteiger partial charge in [0, 0.05) is 19.0 Å². The lowest BCUT2D eigenvalue weighted by atomic mass is 10.0. The Morgan fingerprint density at radius 3 is 2.14 bits per heavy atom. The third-order valence-corrected chi connectivity index (χ3v) is 3.96. The van der Waals surface area contributed by atoms with E-state index in [0.717, 1.165) is 17.7 Å². The summed E-state index contributed by atoms with van der Waals surface area (Å²) >= 11 is 0. The second-order valence-corrected chi connectivity index (χ2v) is 5.41. The van der Waals surface area contributed by atoms with E-state index >= 15 is 0 Å². The van der Waals surface area contributed by atoms with E-state index in [9.17, 15) is 4.79 Å². The van der Waals surface area contributed by atoms with E-state index in [0.29, 0.717) is 6.54 Å². The number of benzene rings is 2. The smallest absolute Gasteiger partial charge is 0.250 e. The Labute approximate surface area is 130 Å². The van der Waals surface area contributed by atoms with Crippen LogP contribution in [0.1, 0.15) is 11.1 Å². The summed E-state index contributed by atoms with van der Waals surface area (Å²) < 4.78 is 5.43. The summed E-state index contributed by atoms with van der Waals surface area (Å²) in [6.07, 6.45) is 2.37. The molecule has 0 bridgehead atoms. The average molecular weight is 293 g/mol. The molecule has 1 heterocycles. The molecule has 0 saturated carbocycles. The van der Waals surface area contributed by atoms with Gasteiger partial charge >= 0.3 is 0 Å². The molecule has 3 nitrogen and oxygen atoms in total. The highest BCUT2D eigenvalue weighted by Crippen LogP contribution is 2.25. The molecule has 0 aliphatic carbocycles. The number of hydrogen-bond acceptors (Lipinski definition) is 2. The first kappa shape index (κ1) is 14.4. The molecular weight excluding hydrogens is 274 g/mol. The van der Waals surface area contributed by atoms with Crippen molar-refractivity contribution >= 4 is 5.91 Å². The van der Waals surface area contributed by atoms with Gasteiger partial charge in [-0.2, -0.15) is 0 Å². The highest BCUT2D eigenvalue weighted by Gasteiger charge is 2.33. The fraction of sp³-hybridized carbons (Fsp3) is 0.211. The maximum atomic E-state index is 12.3. The van der Waals surface area contributed by atoms with Gasteiger partial charge < -0.3 is 9.64 Å². The van der Waals surface area contributed by atoms with Gasteiger partial charge in [-0.25, -0.2) is 0 Å². The molecule has 0 spiro atoms. The molecule has 0 N–H and O–H groups in total. The van der Waals surface area contributed by atoms with E-state index < -0.39 is 0 Å². The van der Waals surface area contributed by atoms with Gasteiger partial charge in [0.15, 0.2) is 0 Å². The fourth-order valence-corrected chi connectivity index (χ4v) is 2.82. The summed E-state index contributed by atoms with van der Waals surface area (Å²) in [6.45, 7) is 0.598. The minimum Gasteiger partial charge on any atom is -0.499 e. The van der Waals surface area contributed by atoms with E-state index in [-0.39, 0.29) is 11.9 Å². The molecule has 2 aromatic rings. The third-order valence-electron chi connectivity index (χ3n) is 3.96. The lowest BCUT2D eigenvalue weighted by molar-refractivity contribution is -0.126. The molecule has 112 valence electrons. The Kier molecular flexibility index (Phi) is 4.24. The zero-order valence-electron chi connectivity index (χ0n) is 12.6. The first-order chi connectivity index (χ1) is 10.8. The minimum atomic E-state index is -0.0416. The molecule has 3 heteroatoms. The van der Waals surface area contributed by atoms with Crippen molar-refractivity contribution in [1.82, 2.24) is 4.90 Å². The Morgan fingerprint density at radius 2 is 1.55 bits per heavy atom. The van der Waals surface area contributed by atoms with Gasteiger partial charge in [-0.3, -0.25) is 4.79 Å². The van der Waals surface area contributed by atoms with Crippen molar-refractivity contribution in [3.63, 3.8) is 0 Å². The summed E-state index contributed by atoms with van der Waals surface area (Å²) in [5.41, 5.74) is 2.32. The third kappa shape index (κ3) is 3.03. The quantitative estimate of drug-likeness (QED) is 0.847. The molecule has 22 heavy (non-hydrogen) atoms. The lowest BCUT2D eigenvalue weighted by Gasteiger charge is -2.27. The summed E-state index contributed by atoms with van der Waals surface area (Å²) in [5, 5.41) is 0. The van der Waals surface area contributed by atoms with Crippen LogP contribution in [0.3, 0.4) is 0 Å². The van der Waals surface area contributed by atoms with Crippen molar-refractivity contribution in [2.24, 2.45) is 0 Å². The van der Waals surface area contributed by atoms with Crippen molar-refractivity contribution in [3.05, 3.63) is 83.6 Å². The maximum Gasteiger partial charge on any atom is 0.250 e. The molecule has 2 aromatic carbocycles. The predicted molar refractivity (Wildman–Crippen MR) is 86.0 cm³/mol. The van der Waals surface area contributed by atoms with Crippen LogP contribution >= 0.6 is 0 Å². The van der Waals surface area contributed by atoms with E-state index in [1.807, 2.05) is 53.4 Å². The first-order valence-corrected chi connectivity index (χ1v) is 7.42. The number of methoxy groups -OCH3 is 1. The predicted octanol–water partition coefficient (Wildman–Crippen LogP) is 3.17. The van der Waals surface area contributed by atoms with E-state index in [1.165, 1.54) is 5.56 Å². The van der Waals surface area contributed by atoms with E-state index in [2.05, 4.69) is 12.1 Å². The molecule has 0 fully saturated rings. The minimum absolute atomic E-state index is 0.0154. The molecule has 1 atom stereocenters. The van der Waals surface area contributed by atoms with Gasteiger partial charge in [0.05, 0.1) is 13.2 Å². The summed E-state index contributed by atoms with van der Waals surface area (Å²) in [7, 11) is 1.63. The average Bonchev–Trinajstić information content (AvgIpc) is 2.85. The largest absolute Gasteiger partial charge is 0.499 e. The van der Waals surface area contributed by atoms with Gasteiger partial charge in [0.1, 0.15) is 5.76 Å². The van der Waals surface area contributed by atoms with E-state index in [1.54, 1.807) is 13.2 Å². The molecule has 1 unspecified atom stereocenters. The molecule has 0 radical (unpaired) electrons. The van der Waals surface area contributed by atoms with Crippen LogP contribution in [0.15, 0.2) is 72.5 Å². The maximum absolute atomic E-state index is 12.3. The first-order valence-electron chi connectivity index (χ1n) is 7.42. The Morgan fingerprint density at radius 1 is 0.955 bits per heavy atom. The van der Waals surface area contributed by atoms with Crippen LogP contribution in [0.5, 0.6) is 0 Å². The van der Waals surface area contributed by atoms with Crippen LogP contribution in [0.4, 0.5) is 0 Å². The number of rotatable bonds is 5. The number of nitrogens with zero attached hydrogens (tertiary/aromatic N) is 1. The van der Waals surface area contributed by atoms with Gasteiger partial charge in [-0.05, 0) is 11.1 Å². The van der Waals surface area contributed by atoms with Crippen LogP contribution in [0.2, 0.25) is 0 Å².